The second kappa shape index (κ2) is 8.52. The van der Waals surface area contributed by atoms with Gasteiger partial charge in [0.15, 0.2) is 0 Å². The molecule has 1 heterocycles. The van der Waals surface area contributed by atoms with Gasteiger partial charge in [-0.1, -0.05) is 42.5 Å². The van der Waals surface area contributed by atoms with Crippen LogP contribution < -0.4 is 9.47 Å². The first-order valence-electron chi connectivity index (χ1n) is 9.33. The van der Waals surface area contributed by atoms with Gasteiger partial charge in [0.1, 0.15) is 11.5 Å². The van der Waals surface area contributed by atoms with Crippen molar-refractivity contribution in [1.82, 2.24) is 20.2 Å². The molecular weight excluding hydrogens is 368 g/mol. The molecule has 29 heavy (non-hydrogen) atoms. The first kappa shape index (κ1) is 18.6. The van der Waals surface area contributed by atoms with Gasteiger partial charge in [0.2, 0.25) is 5.82 Å². The minimum atomic E-state index is -0.296. The number of carbonyl (C=O) groups excluding carboxylic acids is 1. The maximum absolute atomic E-state index is 12.2. The number of hydrogen-bond donors (Lipinski definition) is 0. The van der Waals surface area contributed by atoms with Gasteiger partial charge >= 0.3 is 5.97 Å². The predicted octanol–water partition coefficient (Wildman–Crippen LogP) is 3.89. The van der Waals surface area contributed by atoms with Gasteiger partial charge in [-0.3, -0.25) is 4.79 Å². The normalized spacial score (nSPS) is 10.8. The highest BCUT2D eigenvalue weighted by atomic mass is 16.5. The number of hydrogen-bond acceptors (Lipinski definition) is 6. The van der Waals surface area contributed by atoms with Gasteiger partial charge in [0, 0.05) is 12.0 Å². The molecule has 3 aromatic carbocycles. The number of benzene rings is 3. The molecule has 0 N–H and O–H groups in total. The van der Waals surface area contributed by atoms with Gasteiger partial charge in [0.05, 0.1) is 13.7 Å². The van der Waals surface area contributed by atoms with Crippen LogP contribution in [0.5, 0.6) is 11.5 Å². The summed E-state index contributed by atoms with van der Waals surface area (Å²) >= 11 is 0. The van der Waals surface area contributed by atoms with Crippen LogP contribution in [-0.4, -0.2) is 33.3 Å². The van der Waals surface area contributed by atoms with Crippen molar-refractivity contribution >= 4 is 16.7 Å². The van der Waals surface area contributed by atoms with Crippen LogP contribution in [0.15, 0.2) is 66.7 Å². The standard InChI is InChI=1S/C22H20N4O3/c1-28-19-11-9-16-10-12-20(15-18(16)14-19)29-21(27)8-5-13-26-24-22(23-25-26)17-6-3-2-4-7-17/h2-4,6-7,9-12,14-15H,5,8,13H2,1H3. The van der Waals surface area contributed by atoms with E-state index in [0.29, 0.717) is 24.5 Å². The fourth-order valence-electron chi connectivity index (χ4n) is 2.98. The average molecular weight is 388 g/mol. The van der Waals surface area contributed by atoms with Crippen molar-refractivity contribution in [3.8, 4) is 22.9 Å². The third kappa shape index (κ3) is 4.57. The molecule has 0 fully saturated rings. The Morgan fingerprint density at radius 1 is 0.966 bits per heavy atom. The second-order valence-corrected chi connectivity index (χ2v) is 6.53. The Kier molecular flexibility index (Phi) is 5.47. The number of methoxy groups -OCH3 is 1. The number of aryl methyl sites for hydroxylation is 1. The minimum Gasteiger partial charge on any atom is -0.497 e. The van der Waals surface area contributed by atoms with E-state index in [9.17, 15) is 4.79 Å². The minimum absolute atomic E-state index is 0.262. The van der Waals surface area contributed by atoms with Crippen LogP contribution in [0.2, 0.25) is 0 Å². The molecule has 0 saturated heterocycles. The molecule has 1 aromatic heterocycles. The molecular formula is C22H20N4O3. The van der Waals surface area contributed by atoms with E-state index in [4.69, 9.17) is 9.47 Å². The van der Waals surface area contributed by atoms with E-state index in [-0.39, 0.29) is 12.4 Å². The summed E-state index contributed by atoms with van der Waals surface area (Å²) in [5.41, 5.74) is 0.908. The molecule has 4 rings (SSSR count). The van der Waals surface area contributed by atoms with Crippen LogP contribution in [0, 0.1) is 0 Å². The molecule has 0 aliphatic heterocycles. The molecule has 0 bridgehead atoms. The summed E-state index contributed by atoms with van der Waals surface area (Å²) in [6, 6.07) is 21.0. The number of ether oxygens (including phenoxy) is 2. The number of rotatable bonds is 7. The SMILES string of the molecule is COc1ccc2ccc(OC(=O)CCCn3nnc(-c4ccccc4)n3)cc2c1. The van der Waals surface area contributed by atoms with Gasteiger partial charge in [-0.25, -0.2) is 0 Å². The molecule has 7 heteroatoms. The number of esters is 1. The van der Waals surface area contributed by atoms with Gasteiger partial charge in [-0.2, -0.15) is 4.80 Å². The highest BCUT2D eigenvalue weighted by Crippen LogP contribution is 2.25. The molecule has 0 atom stereocenters. The molecule has 0 amide bonds. The zero-order valence-electron chi connectivity index (χ0n) is 16.0. The first-order valence-corrected chi connectivity index (χ1v) is 9.33. The van der Waals surface area contributed by atoms with Crippen LogP contribution in [0.4, 0.5) is 0 Å². The van der Waals surface area contributed by atoms with E-state index >= 15 is 0 Å². The van der Waals surface area contributed by atoms with E-state index in [0.717, 1.165) is 22.1 Å². The Bertz CT molecular complexity index is 1130. The summed E-state index contributed by atoms with van der Waals surface area (Å²) in [4.78, 5) is 13.7. The zero-order chi connectivity index (χ0) is 20.1. The second-order valence-electron chi connectivity index (χ2n) is 6.53. The smallest absolute Gasteiger partial charge is 0.311 e. The van der Waals surface area contributed by atoms with Gasteiger partial charge < -0.3 is 9.47 Å². The van der Waals surface area contributed by atoms with Crippen molar-refractivity contribution in [2.75, 3.05) is 7.11 Å². The molecule has 0 radical (unpaired) electrons. The van der Waals surface area contributed by atoms with E-state index < -0.39 is 0 Å². The maximum atomic E-state index is 12.2. The fourth-order valence-corrected chi connectivity index (χ4v) is 2.98. The van der Waals surface area contributed by atoms with E-state index in [1.54, 1.807) is 13.2 Å². The number of aromatic nitrogens is 4. The third-order valence-electron chi connectivity index (χ3n) is 4.47. The lowest BCUT2D eigenvalue weighted by Gasteiger charge is -2.07. The zero-order valence-corrected chi connectivity index (χ0v) is 16.0. The van der Waals surface area contributed by atoms with Crippen molar-refractivity contribution < 1.29 is 14.3 Å². The van der Waals surface area contributed by atoms with Crippen LogP contribution in [0.25, 0.3) is 22.2 Å². The lowest BCUT2D eigenvalue weighted by Crippen LogP contribution is -2.10. The maximum Gasteiger partial charge on any atom is 0.311 e. The molecule has 7 nitrogen and oxygen atoms in total. The lowest BCUT2D eigenvalue weighted by molar-refractivity contribution is -0.134. The summed E-state index contributed by atoms with van der Waals surface area (Å²) in [6.07, 6.45) is 0.823. The monoisotopic (exact) mass is 388 g/mol. The molecule has 0 aliphatic rings. The Morgan fingerprint density at radius 3 is 2.52 bits per heavy atom. The van der Waals surface area contributed by atoms with Crippen LogP contribution >= 0.6 is 0 Å². The molecule has 146 valence electrons. The summed E-state index contributed by atoms with van der Waals surface area (Å²) in [5.74, 6) is 1.55. The number of tetrazole rings is 1. The quantitative estimate of drug-likeness (QED) is 0.353. The Morgan fingerprint density at radius 2 is 1.72 bits per heavy atom. The fraction of sp³-hybridized carbons (Fsp3) is 0.182. The highest BCUT2D eigenvalue weighted by Gasteiger charge is 2.09. The van der Waals surface area contributed by atoms with Gasteiger partial charge in [-0.05, 0) is 46.7 Å². The Hall–Kier alpha value is -3.74. The van der Waals surface area contributed by atoms with E-state index in [1.165, 1.54) is 4.80 Å². The van der Waals surface area contributed by atoms with E-state index in [1.807, 2.05) is 60.7 Å². The van der Waals surface area contributed by atoms with Gasteiger partial charge in [0.25, 0.3) is 0 Å². The van der Waals surface area contributed by atoms with Crippen LogP contribution in [0.1, 0.15) is 12.8 Å². The third-order valence-corrected chi connectivity index (χ3v) is 4.47. The summed E-state index contributed by atoms with van der Waals surface area (Å²) < 4.78 is 10.7. The first-order chi connectivity index (χ1) is 14.2. The van der Waals surface area contributed by atoms with Crippen molar-refractivity contribution in [2.24, 2.45) is 0 Å². The largest absolute Gasteiger partial charge is 0.497 e. The molecule has 0 aliphatic carbocycles. The van der Waals surface area contributed by atoms with Gasteiger partial charge in [-0.15, -0.1) is 10.2 Å². The lowest BCUT2D eigenvalue weighted by atomic mass is 10.1. The number of nitrogens with zero attached hydrogens (tertiary/aromatic N) is 4. The molecule has 0 spiro atoms. The van der Waals surface area contributed by atoms with Crippen LogP contribution in [0.3, 0.4) is 0 Å². The molecule has 0 saturated carbocycles. The Labute approximate surface area is 167 Å². The van der Waals surface area contributed by atoms with Crippen molar-refractivity contribution in [3.63, 3.8) is 0 Å². The number of carbonyl (C=O) groups is 1. The average Bonchev–Trinajstić information content (AvgIpc) is 3.23. The van der Waals surface area contributed by atoms with Crippen LogP contribution in [-0.2, 0) is 11.3 Å². The predicted molar refractivity (Wildman–Crippen MR) is 109 cm³/mol. The van der Waals surface area contributed by atoms with Crippen molar-refractivity contribution in [3.05, 3.63) is 66.7 Å². The summed E-state index contributed by atoms with van der Waals surface area (Å²) in [7, 11) is 1.62. The Balaban J connectivity index is 1.31. The molecule has 4 aromatic rings. The van der Waals surface area contributed by atoms with Crippen molar-refractivity contribution in [2.45, 2.75) is 19.4 Å². The highest BCUT2D eigenvalue weighted by molar-refractivity contribution is 5.86. The van der Waals surface area contributed by atoms with Crippen molar-refractivity contribution in [1.29, 1.82) is 0 Å². The van der Waals surface area contributed by atoms with E-state index in [2.05, 4.69) is 15.4 Å². The molecule has 0 unspecified atom stereocenters. The topological polar surface area (TPSA) is 79.1 Å². The summed E-state index contributed by atoms with van der Waals surface area (Å²) in [6.45, 7) is 0.490. The summed E-state index contributed by atoms with van der Waals surface area (Å²) in [5, 5.41) is 14.4. The number of fused-ring (bicyclic) bond motifs is 1.